The molecule has 1 heterocycles. The highest BCUT2D eigenvalue weighted by Crippen LogP contribution is 2.26. The molecule has 0 spiro atoms. The Balaban J connectivity index is 2.14. The Kier molecular flexibility index (Phi) is 4.37. The van der Waals surface area contributed by atoms with E-state index >= 15 is 0 Å². The molecule has 0 unspecified atom stereocenters. The van der Waals surface area contributed by atoms with Crippen LogP contribution in [0.25, 0.3) is 11.0 Å². The van der Waals surface area contributed by atoms with Gasteiger partial charge in [-0.1, -0.05) is 6.07 Å². The number of aromatic nitrogens is 2. The standard InChI is InChI=1S/C13H15F3N2OS/c1-19-10-6-4-5-9-11(10)17-12(20)18(9)8-3-2-7-13(14,15)16/h4-6H,2-3,7-8H2,1H3,(H,17,20). The molecule has 1 N–H and O–H groups in total. The molecule has 3 nitrogen and oxygen atoms in total. The van der Waals surface area contributed by atoms with E-state index in [1.807, 2.05) is 22.8 Å². The van der Waals surface area contributed by atoms with Gasteiger partial charge in [0.2, 0.25) is 0 Å². The second kappa shape index (κ2) is 5.87. The zero-order chi connectivity index (χ0) is 14.8. The number of unbranched alkanes of at least 4 members (excludes halogenated alkanes) is 1. The van der Waals surface area contributed by atoms with Crippen molar-refractivity contribution in [3.05, 3.63) is 23.0 Å². The van der Waals surface area contributed by atoms with Crippen LogP contribution in [0, 0.1) is 4.77 Å². The molecule has 2 aromatic rings. The number of hydrogen-bond acceptors (Lipinski definition) is 2. The van der Waals surface area contributed by atoms with Gasteiger partial charge in [0, 0.05) is 13.0 Å². The molecule has 0 atom stereocenters. The van der Waals surface area contributed by atoms with Crippen LogP contribution >= 0.6 is 12.2 Å². The monoisotopic (exact) mass is 304 g/mol. The van der Waals surface area contributed by atoms with Crippen LogP contribution in [0.3, 0.4) is 0 Å². The van der Waals surface area contributed by atoms with Gasteiger partial charge in [0.1, 0.15) is 11.3 Å². The average molecular weight is 304 g/mol. The predicted octanol–water partition coefficient (Wildman–Crippen LogP) is 4.44. The van der Waals surface area contributed by atoms with Crippen molar-refractivity contribution in [1.82, 2.24) is 9.55 Å². The van der Waals surface area contributed by atoms with Crippen LogP contribution in [0.2, 0.25) is 0 Å². The third-order valence-corrected chi connectivity index (χ3v) is 3.41. The highest BCUT2D eigenvalue weighted by Gasteiger charge is 2.25. The summed E-state index contributed by atoms with van der Waals surface area (Å²) >= 11 is 5.21. The van der Waals surface area contributed by atoms with Gasteiger partial charge in [-0.25, -0.2) is 0 Å². The summed E-state index contributed by atoms with van der Waals surface area (Å²) in [6, 6.07) is 5.51. The Morgan fingerprint density at radius 3 is 2.70 bits per heavy atom. The van der Waals surface area contributed by atoms with Crippen molar-refractivity contribution in [3.8, 4) is 5.75 Å². The summed E-state index contributed by atoms with van der Waals surface area (Å²) in [5, 5.41) is 0. The van der Waals surface area contributed by atoms with Gasteiger partial charge >= 0.3 is 6.18 Å². The zero-order valence-corrected chi connectivity index (χ0v) is 11.8. The van der Waals surface area contributed by atoms with Crippen LogP contribution in [-0.4, -0.2) is 22.8 Å². The minimum absolute atomic E-state index is 0.0991. The molecule has 20 heavy (non-hydrogen) atoms. The first kappa shape index (κ1) is 14.9. The number of rotatable bonds is 5. The lowest BCUT2D eigenvalue weighted by Gasteiger charge is -2.07. The highest BCUT2D eigenvalue weighted by atomic mass is 32.1. The zero-order valence-electron chi connectivity index (χ0n) is 11.0. The number of imidazole rings is 1. The molecule has 0 amide bonds. The fraction of sp³-hybridized carbons (Fsp3) is 0.462. The van der Waals surface area contributed by atoms with E-state index in [2.05, 4.69) is 4.98 Å². The number of fused-ring (bicyclic) bond motifs is 1. The van der Waals surface area contributed by atoms with Gasteiger partial charge in [0.05, 0.1) is 12.6 Å². The largest absolute Gasteiger partial charge is 0.494 e. The summed E-state index contributed by atoms with van der Waals surface area (Å²) < 4.78 is 43.8. The fourth-order valence-electron chi connectivity index (χ4n) is 2.14. The molecule has 0 saturated heterocycles. The molecular weight excluding hydrogens is 289 g/mol. The van der Waals surface area contributed by atoms with E-state index in [1.54, 1.807) is 7.11 Å². The van der Waals surface area contributed by atoms with Gasteiger partial charge in [-0.3, -0.25) is 0 Å². The summed E-state index contributed by atoms with van der Waals surface area (Å²) in [4.78, 5) is 3.03. The first-order valence-corrected chi connectivity index (χ1v) is 6.65. The van der Waals surface area contributed by atoms with Crippen molar-refractivity contribution in [2.75, 3.05) is 7.11 Å². The number of benzene rings is 1. The third-order valence-electron chi connectivity index (χ3n) is 3.08. The van der Waals surface area contributed by atoms with E-state index in [9.17, 15) is 13.2 Å². The fourth-order valence-corrected chi connectivity index (χ4v) is 2.43. The summed E-state index contributed by atoms with van der Waals surface area (Å²) in [5.74, 6) is 0.669. The van der Waals surface area contributed by atoms with Crippen molar-refractivity contribution in [2.24, 2.45) is 0 Å². The number of aromatic amines is 1. The number of halogens is 3. The van der Waals surface area contributed by atoms with Crippen LogP contribution < -0.4 is 4.74 Å². The van der Waals surface area contributed by atoms with Crippen LogP contribution in [0.5, 0.6) is 5.75 Å². The molecule has 0 saturated carbocycles. The number of hydrogen-bond donors (Lipinski definition) is 1. The first-order valence-electron chi connectivity index (χ1n) is 6.24. The number of methoxy groups -OCH3 is 1. The van der Waals surface area contributed by atoms with E-state index < -0.39 is 12.6 Å². The maximum absolute atomic E-state index is 12.1. The topological polar surface area (TPSA) is 29.9 Å². The maximum atomic E-state index is 12.1. The van der Waals surface area contributed by atoms with Gasteiger partial charge in [-0.15, -0.1) is 0 Å². The van der Waals surface area contributed by atoms with Crippen molar-refractivity contribution in [1.29, 1.82) is 0 Å². The summed E-state index contributed by atoms with van der Waals surface area (Å²) in [6.07, 6.45) is -4.32. The predicted molar refractivity (Wildman–Crippen MR) is 73.6 cm³/mol. The van der Waals surface area contributed by atoms with E-state index in [-0.39, 0.29) is 6.42 Å². The molecule has 0 aliphatic rings. The first-order chi connectivity index (χ1) is 9.42. The quantitative estimate of drug-likeness (QED) is 0.654. The Bertz CT molecular complexity index is 645. The molecule has 7 heteroatoms. The van der Waals surface area contributed by atoms with Crippen LogP contribution in [-0.2, 0) is 6.54 Å². The number of H-pyrrole nitrogens is 1. The van der Waals surface area contributed by atoms with Crippen molar-refractivity contribution >= 4 is 23.3 Å². The molecule has 110 valence electrons. The third kappa shape index (κ3) is 3.33. The summed E-state index contributed by atoms with van der Waals surface area (Å²) in [6.45, 7) is 0.460. The number of aryl methyl sites for hydroxylation is 1. The average Bonchev–Trinajstić information content (AvgIpc) is 2.69. The van der Waals surface area contributed by atoms with Crippen LogP contribution in [0.4, 0.5) is 13.2 Å². The van der Waals surface area contributed by atoms with Gasteiger partial charge in [0.15, 0.2) is 4.77 Å². The second-order valence-corrected chi connectivity index (χ2v) is 4.90. The van der Waals surface area contributed by atoms with E-state index in [0.717, 1.165) is 11.0 Å². The van der Waals surface area contributed by atoms with Gasteiger partial charge in [0.25, 0.3) is 0 Å². The SMILES string of the molecule is COc1cccc2c1[nH]c(=S)n2CCCCC(F)(F)F. The number of nitrogens with zero attached hydrogens (tertiary/aromatic N) is 1. The molecule has 2 rings (SSSR count). The Labute approximate surface area is 119 Å². The van der Waals surface area contributed by atoms with Gasteiger partial charge in [-0.2, -0.15) is 13.2 Å². The second-order valence-electron chi connectivity index (χ2n) is 4.51. The molecular formula is C13H15F3N2OS. The molecule has 1 aromatic heterocycles. The number of nitrogens with one attached hydrogen (secondary N) is 1. The minimum Gasteiger partial charge on any atom is -0.494 e. The summed E-state index contributed by atoms with van der Waals surface area (Å²) in [7, 11) is 1.56. The van der Waals surface area contributed by atoms with Crippen LogP contribution in [0.1, 0.15) is 19.3 Å². The highest BCUT2D eigenvalue weighted by molar-refractivity contribution is 7.71. The lowest BCUT2D eigenvalue weighted by Crippen LogP contribution is -2.07. The Morgan fingerprint density at radius 2 is 2.05 bits per heavy atom. The Morgan fingerprint density at radius 1 is 1.30 bits per heavy atom. The van der Waals surface area contributed by atoms with Crippen LogP contribution in [0.15, 0.2) is 18.2 Å². The van der Waals surface area contributed by atoms with Gasteiger partial charge < -0.3 is 14.3 Å². The van der Waals surface area contributed by atoms with Crippen molar-refractivity contribution in [3.63, 3.8) is 0 Å². The molecule has 0 aliphatic heterocycles. The van der Waals surface area contributed by atoms with E-state index in [4.69, 9.17) is 17.0 Å². The maximum Gasteiger partial charge on any atom is 0.389 e. The molecule has 0 aliphatic carbocycles. The summed E-state index contributed by atoms with van der Waals surface area (Å²) in [5.41, 5.74) is 1.62. The number of alkyl halides is 3. The molecule has 0 bridgehead atoms. The lowest BCUT2D eigenvalue weighted by atomic mass is 10.2. The molecule has 0 radical (unpaired) electrons. The molecule has 1 aromatic carbocycles. The van der Waals surface area contributed by atoms with Crippen molar-refractivity contribution < 1.29 is 17.9 Å². The lowest BCUT2D eigenvalue weighted by molar-refractivity contribution is -0.135. The van der Waals surface area contributed by atoms with Gasteiger partial charge in [-0.05, 0) is 37.2 Å². The number of ether oxygens (including phenoxy) is 1. The smallest absolute Gasteiger partial charge is 0.389 e. The van der Waals surface area contributed by atoms with E-state index in [0.29, 0.717) is 23.5 Å². The number of para-hydroxylation sites is 1. The Hall–Kier alpha value is -1.50. The van der Waals surface area contributed by atoms with Crippen molar-refractivity contribution in [2.45, 2.75) is 32.0 Å². The minimum atomic E-state index is -4.09. The van der Waals surface area contributed by atoms with E-state index in [1.165, 1.54) is 0 Å². The normalized spacial score (nSPS) is 12.0. The molecule has 0 fully saturated rings.